The molecule has 0 saturated heterocycles. The van der Waals surface area contributed by atoms with Crippen LogP contribution in [0.2, 0.25) is 0 Å². The lowest BCUT2D eigenvalue weighted by molar-refractivity contribution is -0.251. The minimum absolute atomic E-state index is 0.0373. The number of rotatable bonds is 6. The molecule has 4 nitrogen and oxygen atoms in total. The summed E-state index contributed by atoms with van der Waals surface area (Å²) in [4.78, 5) is 15.9. The van der Waals surface area contributed by atoms with Crippen molar-refractivity contribution < 1.29 is 19.7 Å². The van der Waals surface area contributed by atoms with E-state index >= 15 is 0 Å². The van der Waals surface area contributed by atoms with Gasteiger partial charge in [-0.2, -0.15) is 0 Å². The van der Waals surface area contributed by atoms with E-state index in [1.807, 2.05) is 40.7 Å². The molecule has 1 N–H and O–H groups in total. The molecule has 106 valence electrons. The predicted octanol–water partition coefficient (Wildman–Crippen LogP) is 3.43. The molecule has 4 heteroatoms. The van der Waals surface area contributed by atoms with Crippen LogP contribution in [0.25, 0.3) is 0 Å². The van der Waals surface area contributed by atoms with Crippen molar-refractivity contribution in [3.63, 3.8) is 0 Å². The number of hydrogen-bond acceptors (Lipinski definition) is 4. The van der Waals surface area contributed by atoms with Crippen molar-refractivity contribution in [1.29, 1.82) is 0 Å². The van der Waals surface area contributed by atoms with Crippen LogP contribution < -0.4 is 0 Å². The Morgan fingerprint density at radius 1 is 1.33 bits per heavy atom. The number of ether oxygens (including phenoxy) is 1. The summed E-state index contributed by atoms with van der Waals surface area (Å²) >= 11 is 0. The van der Waals surface area contributed by atoms with E-state index in [9.17, 15) is 4.79 Å². The SMILES string of the molecule is CC(=CC(C)(C)C)C(=O)OC(C)CC(C)COO. The lowest BCUT2D eigenvalue weighted by Crippen LogP contribution is -2.20. The van der Waals surface area contributed by atoms with Gasteiger partial charge in [-0.15, -0.1) is 0 Å². The Bertz CT molecular complexity index is 289. The van der Waals surface area contributed by atoms with Crippen LogP contribution in [0.15, 0.2) is 11.6 Å². The van der Waals surface area contributed by atoms with E-state index in [2.05, 4.69) is 4.89 Å². The molecule has 0 aliphatic carbocycles. The molecule has 0 radical (unpaired) electrons. The highest BCUT2D eigenvalue weighted by molar-refractivity contribution is 5.87. The summed E-state index contributed by atoms with van der Waals surface area (Å²) in [5.41, 5.74) is 0.588. The Morgan fingerprint density at radius 3 is 2.33 bits per heavy atom. The van der Waals surface area contributed by atoms with Crippen LogP contribution >= 0.6 is 0 Å². The number of carbonyl (C=O) groups excluding carboxylic acids is 1. The molecule has 0 aromatic heterocycles. The van der Waals surface area contributed by atoms with Gasteiger partial charge in [-0.3, -0.25) is 5.26 Å². The van der Waals surface area contributed by atoms with Gasteiger partial charge in [0.05, 0.1) is 12.7 Å². The minimum atomic E-state index is -0.283. The molecule has 0 amide bonds. The molecule has 0 saturated carbocycles. The second-order valence-electron chi connectivity index (χ2n) is 6.05. The molecule has 18 heavy (non-hydrogen) atoms. The third kappa shape index (κ3) is 8.25. The summed E-state index contributed by atoms with van der Waals surface area (Å²) < 4.78 is 5.33. The van der Waals surface area contributed by atoms with Gasteiger partial charge in [-0.05, 0) is 31.6 Å². The van der Waals surface area contributed by atoms with Crippen LogP contribution in [0.1, 0.15) is 48.0 Å². The van der Waals surface area contributed by atoms with Crippen molar-refractivity contribution in [3.8, 4) is 0 Å². The number of hydrogen-bond donors (Lipinski definition) is 1. The van der Waals surface area contributed by atoms with E-state index in [1.165, 1.54) is 0 Å². The van der Waals surface area contributed by atoms with Gasteiger partial charge in [0.2, 0.25) is 0 Å². The third-order valence-corrected chi connectivity index (χ3v) is 2.37. The summed E-state index contributed by atoms with van der Waals surface area (Å²) in [5, 5.41) is 8.33. The average Bonchev–Trinajstić information content (AvgIpc) is 2.14. The Hall–Kier alpha value is -0.870. The molecule has 0 aromatic carbocycles. The van der Waals surface area contributed by atoms with Gasteiger partial charge >= 0.3 is 5.97 Å². The summed E-state index contributed by atoms with van der Waals surface area (Å²) in [5.74, 6) is -0.140. The van der Waals surface area contributed by atoms with E-state index in [1.54, 1.807) is 6.92 Å². The maximum atomic E-state index is 11.8. The van der Waals surface area contributed by atoms with Gasteiger partial charge in [0.25, 0.3) is 0 Å². The third-order valence-electron chi connectivity index (χ3n) is 2.37. The second-order valence-corrected chi connectivity index (χ2v) is 6.05. The van der Waals surface area contributed by atoms with Crippen LogP contribution in [-0.4, -0.2) is 23.9 Å². The molecule has 0 spiro atoms. The van der Waals surface area contributed by atoms with Crippen LogP contribution in [-0.2, 0) is 14.4 Å². The zero-order valence-corrected chi connectivity index (χ0v) is 12.3. The normalized spacial score (nSPS) is 16.3. The molecule has 0 heterocycles. The highest BCUT2D eigenvalue weighted by Gasteiger charge is 2.16. The molecular weight excluding hydrogens is 232 g/mol. The first kappa shape index (κ1) is 17.1. The Balaban J connectivity index is 4.27. The minimum Gasteiger partial charge on any atom is -0.459 e. The highest BCUT2D eigenvalue weighted by atomic mass is 17.1. The zero-order valence-electron chi connectivity index (χ0n) is 12.3. The van der Waals surface area contributed by atoms with E-state index in [0.29, 0.717) is 12.0 Å². The van der Waals surface area contributed by atoms with Gasteiger partial charge in [0.15, 0.2) is 0 Å². The molecule has 0 aliphatic rings. The Labute approximate surface area is 110 Å². The first-order valence-electron chi connectivity index (χ1n) is 6.32. The maximum Gasteiger partial charge on any atom is 0.333 e. The molecule has 0 aliphatic heterocycles. The topological polar surface area (TPSA) is 55.8 Å². The van der Waals surface area contributed by atoms with Gasteiger partial charge in [0, 0.05) is 5.57 Å². The Kier molecular flexibility index (Phi) is 7.18. The summed E-state index contributed by atoms with van der Waals surface area (Å²) in [7, 11) is 0. The fraction of sp³-hybridized carbons (Fsp3) is 0.786. The molecule has 2 unspecified atom stereocenters. The average molecular weight is 258 g/mol. The number of carbonyl (C=O) groups is 1. The zero-order chi connectivity index (χ0) is 14.3. The highest BCUT2D eigenvalue weighted by Crippen LogP contribution is 2.19. The van der Waals surface area contributed by atoms with Crippen LogP contribution in [0, 0.1) is 11.3 Å². The summed E-state index contributed by atoms with van der Waals surface area (Å²) in [6.45, 7) is 11.9. The molecule has 0 bridgehead atoms. The van der Waals surface area contributed by atoms with Crippen molar-refractivity contribution in [2.75, 3.05) is 6.61 Å². The standard InChI is InChI=1S/C14H26O4/c1-10(9-17-16)7-12(3)18-13(15)11(2)8-14(4,5)6/h8,10,12,16H,7,9H2,1-6H3. The quantitative estimate of drug-likeness (QED) is 0.343. The van der Waals surface area contributed by atoms with Crippen LogP contribution in [0.5, 0.6) is 0 Å². The monoisotopic (exact) mass is 258 g/mol. The molecule has 2 atom stereocenters. The second kappa shape index (κ2) is 7.54. The molecular formula is C14H26O4. The molecule has 0 fully saturated rings. The lowest BCUT2D eigenvalue weighted by atomic mass is 9.94. The van der Waals surface area contributed by atoms with E-state index in [0.717, 1.165) is 0 Å². The smallest absolute Gasteiger partial charge is 0.333 e. The Morgan fingerprint density at radius 2 is 1.89 bits per heavy atom. The summed E-state index contributed by atoms with van der Waals surface area (Å²) in [6, 6.07) is 0. The maximum absolute atomic E-state index is 11.8. The number of esters is 1. The van der Waals surface area contributed by atoms with E-state index in [-0.39, 0.29) is 30.0 Å². The van der Waals surface area contributed by atoms with Gasteiger partial charge in [0.1, 0.15) is 0 Å². The van der Waals surface area contributed by atoms with Crippen molar-refractivity contribution in [1.82, 2.24) is 0 Å². The first-order valence-corrected chi connectivity index (χ1v) is 6.32. The number of allylic oxidation sites excluding steroid dienone is 1. The van der Waals surface area contributed by atoms with Crippen molar-refractivity contribution in [3.05, 3.63) is 11.6 Å². The van der Waals surface area contributed by atoms with Crippen molar-refractivity contribution in [2.45, 2.75) is 54.1 Å². The fourth-order valence-corrected chi connectivity index (χ4v) is 1.79. The van der Waals surface area contributed by atoms with Gasteiger partial charge < -0.3 is 4.74 Å². The van der Waals surface area contributed by atoms with Crippen molar-refractivity contribution >= 4 is 5.97 Å². The lowest BCUT2D eigenvalue weighted by Gasteiger charge is -2.18. The molecule has 0 rings (SSSR count). The van der Waals surface area contributed by atoms with Crippen LogP contribution in [0.3, 0.4) is 0 Å². The van der Waals surface area contributed by atoms with Gasteiger partial charge in [-0.25, -0.2) is 9.68 Å². The largest absolute Gasteiger partial charge is 0.459 e. The van der Waals surface area contributed by atoms with E-state index < -0.39 is 0 Å². The van der Waals surface area contributed by atoms with Gasteiger partial charge in [-0.1, -0.05) is 33.8 Å². The fourth-order valence-electron chi connectivity index (χ4n) is 1.79. The van der Waals surface area contributed by atoms with Crippen molar-refractivity contribution in [2.24, 2.45) is 11.3 Å². The molecule has 0 aromatic rings. The van der Waals surface area contributed by atoms with Crippen LogP contribution in [0.4, 0.5) is 0 Å². The first-order chi connectivity index (χ1) is 8.15. The summed E-state index contributed by atoms with van der Waals surface area (Å²) in [6.07, 6.45) is 2.38. The predicted molar refractivity (Wildman–Crippen MR) is 71.1 cm³/mol. The van der Waals surface area contributed by atoms with E-state index in [4.69, 9.17) is 9.99 Å².